The third-order valence-electron chi connectivity index (χ3n) is 5.86. The van der Waals surface area contributed by atoms with E-state index in [0.717, 1.165) is 41.3 Å². The Morgan fingerprint density at radius 1 is 0.531 bits per heavy atom. The summed E-state index contributed by atoms with van der Waals surface area (Å²) < 4.78 is 1.68. The van der Waals surface area contributed by atoms with Gasteiger partial charge in [0.1, 0.15) is 21.0 Å². The zero-order valence-electron chi connectivity index (χ0n) is 16.5. The lowest BCUT2D eigenvalue weighted by molar-refractivity contribution is 1.47. The SMILES string of the molecule is O=c1c2cc3c(cc2c2sc(-c4ccccc4)nc12)c(=O)c1nc(-c2ccccc2)sc13. The Morgan fingerprint density at radius 3 is 1.34 bits per heavy atom. The number of hydrogen-bond acceptors (Lipinski definition) is 6. The fraction of sp³-hybridized carbons (Fsp3) is 0. The molecule has 2 aromatic heterocycles. The van der Waals surface area contributed by atoms with Crippen molar-refractivity contribution >= 4 is 64.7 Å². The Hall–Kier alpha value is -3.74. The third kappa shape index (κ3) is 2.36. The molecule has 150 valence electrons. The average molecular weight is 449 g/mol. The molecule has 0 atom stereocenters. The van der Waals surface area contributed by atoms with Crippen LogP contribution in [0.15, 0.2) is 82.4 Å². The van der Waals surface area contributed by atoms with Gasteiger partial charge in [-0.15, -0.1) is 22.7 Å². The van der Waals surface area contributed by atoms with Gasteiger partial charge in [-0.05, 0) is 12.1 Å². The Morgan fingerprint density at radius 2 is 0.938 bits per heavy atom. The van der Waals surface area contributed by atoms with E-state index in [0.29, 0.717) is 21.8 Å². The molecule has 0 aliphatic rings. The average Bonchev–Trinajstić information content (AvgIpc) is 3.58. The van der Waals surface area contributed by atoms with Gasteiger partial charge in [0, 0.05) is 32.7 Å². The van der Waals surface area contributed by atoms with E-state index in [1.807, 2.05) is 72.8 Å². The first kappa shape index (κ1) is 17.9. The molecule has 7 aromatic rings. The highest BCUT2D eigenvalue weighted by Gasteiger charge is 2.21. The maximum Gasteiger partial charge on any atom is 0.213 e. The topological polar surface area (TPSA) is 59.9 Å². The second-order valence-corrected chi connectivity index (χ2v) is 9.73. The standard InChI is InChI=1S/C26H12N2O2S2/c29-21-15-12-18-16(22(30)20-24(18)32-26(28-20)14-9-5-2-6-10-14)11-17(15)23-19(21)27-25(31-23)13-7-3-1-4-8-13/h1-12H. The van der Waals surface area contributed by atoms with Gasteiger partial charge in [-0.1, -0.05) is 60.7 Å². The van der Waals surface area contributed by atoms with Crippen molar-refractivity contribution in [2.45, 2.75) is 0 Å². The van der Waals surface area contributed by atoms with E-state index < -0.39 is 0 Å². The van der Waals surface area contributed by atoms with E-state index in [2.05, 4.69) is 9.97 Å². The number of nitrogens with zero attached hydrogens (tertiary/aromatic N) is 2. The molecule has 0 spiro atoms. The molecular weight excluding hydrogens is 436 g/mol. The van der Waals surface area contributed by atoms with Crippen LogP contribution in [0.5, 0.6) is 0 Å². The summed E-state index contributed by atoms with van der Waals surface area (Å²) in [6, 6.07) is 23.4. The molecule has 5 aromatic carbocycles. The van der Waals surface area contributed by atoms with Crippen LogP contribution in [-0.4, -0.2) is 9.97 Å². The van der Waals surface area contributed by atoms with Crippen LogP contribution >= 0.6 is 22.7 Å². The molecule has 0 aliphatic carbocycles. The molecule has 0 saturated heterocycles. The highest BCUT2D eigenvalue weighted by atomic mass is 32.1. The normalized spacial score (nSPS) is 12.0. The van der Waals surface area contributed by atoms with Gasteiger partial charge >= 0.3 is 0 Å². The van der Waals surface area contributed by atoms with Crippen LogP contribution in [0.1, 0.15) is 0 Å². The Kier molecular flexibility index (Phi) is 3.57. The number of hydrogen-bond donors (Lipinski definition) is 0. The van der Waals surface area contributed by atoms with Crippen LogP contribution < -0.4 is 10.9 Å². The molecule has 2 heterocycles. The van der Waals surface area contributed by atoms with E-state index in [-0.39, 0.29) is 10.9 Å². The summed E-state index contributed by atoms with van der Waals surface area (Å²) in [5.74, 6) is 0. The first-order valence-electron chi connectivity index (χ1n) is 10.1. The van der Waals surface area contributed by atoms with Gasteiger partial charge in [0.2, 0.25) is 10.9 Å². The lowest BCUT2D eigenvalue weighted by atomic mass is 10.1. The van der Waals surface area contributed by atoms with Crippen LogP contribution in [0.4, 0.5) is 0 Å². The van der Waals surface area contributed by atoms with Crippen molar-refractivity contribution in [3.05, 3.63) is 93.2 Å². The maximum atomic E-state index is 13.2. The van der Waals surface area contributed by atoms with Gasteiger partial charge < -0.3 is 0 Å². The minimum atomic E-state index is -0.0788. The molecular formula is C26H12N2O2S2. The van der Waals surface area contributed by atoms with Crippen molar-refractivity contribution in [2.24, 2.45) is 0 Å². The van der Waals surface area contributed by atoms with Crippen LogP contribution in [0.2, 0.25) is 0 Å². The van der Waals surface area contributed by atoms with Crippen LogP contribution in [0.3, 0.4) is 0 Å². The molecule has 0 unspecified atom stereocenters. The molecule has 7 rings (SSSR count). The van der Waals surface area contributed by atoms with Crippen molar-refractivity contribution in [1.29, 1.82) is 0 Å². The molecule has 0 bridgehead atoms. The predicted octanol–water partition coefficient (Wildman–Crippen LogP) is 6.14. The fourth-order valence-corrected chi connectivity index (χ4v) is 6.52. The van der Waals surface area contributed by atoms with Crippen molar-refractivity contribution < 1.29 is 0 Å². The third-order valence-corrected chi connectivity index (χ3v) is 8.14. The van der Waals surface area contributed by atoms with Crippen molar-refractivity contribution in [3.8, 4) is 21.1 Å². The van der Waals surface area contributed by atoms with E-state index in [1.165, 1.54) is 22.7 Å². The molecule has 4 nitrogen and oxygen atoms in total. The monoisotopic (exact) mass is 448 g/mol. The Balaban J connectivity index is 1.51. The fourth-order valence-electron chi connectivity index (χ4n) is 4.33. The number of rotatable bonds is 2. The summed E-state index contributed by atoms with van der Waals surface area (Å²) in [6.45, 7) is 0. The number of thiazole rings is 2. The minimum absolute atomic E-state index is 0.0788. The zero-order valence-corrected chi connectivity index (χ0v) is 18.1. The second kappa shape index (κ2) is 6.38. The van der Waals surface area contributed by atoms with Gasteiger partial charge in [-0.2, -0.15) is 0 Å². The van der Waals surface area contributed by atoms with Gasteiger partial charge in [-0.3, -0.25) is 9.59 Å². The van der Waals surface area contributed by atoms with Gasteiger partial charge in [-0.25, -0.2) is 9.97 Å². The lowest BCUT2D eigenvalue weighted by Crippen LogP contribution is -1.97. The van der Waals surface area contributed by atoms with Crippen molar-refractivity contribution in [2.75, 3.05) is 0 Å². The predicted molar refractivity (Wildman–Crippen MR) is 134 cm³/mol. The quantitative estimate of drug-likeness (QED) is 0.319. The van der Waals surface area contributed by atoms with Gasteiger partial charge in [0.25, 0.3) is 0 Å². The molecule has 0 amide bonds. The van der Waals surface area contributed by atoms with Crippen LogP contribution in [-0.2, 0) is 0 Å². The van der Waals surface area contributed by atoms with E-state index in [1.54, 1.807) is 0 Å². The molecule has 0 aliphatic heterocycles. The van der Waals surface area contributed by atoms with E-state index in [9.17, 15) is 9.59 Å². The first-order valence-corrected chi connectivity index (χ1v) is 11.7. The lowest BCUT2D eigenvalue weighted by Gasteiger charge is -1.95. The van der Waals surface area contributed by atoms with E-state index in [4.69, 9.17) is 0 Å². The summed E-state index contributed by atoms with van der Waals surface area (Å²) in [4.78, 5) is 35.7. The number of benzene rings is 3. The summed E-state index contributed by atoms with van der Waals surface area (Å²) in [5, 5.41) is 4.47. The highest BCUT2D eigenvalue weighted by molar-refractivity contribution is 7.23. The van der Waals surface area contributed by atoms with Crippen molar-refractivity contribution in [3.63, 3.8) is 0 Å². The Bertz CT molecular complexity index is 1770. The molecule has 0 fully saturated rings. The summed E-state index contributed by atoms with van der Waals surface area (Å²) >= 11 is 3.00. The minimum Gasteiger partial charge on any atom is -0.287 e. The molecule has 0 saturated carbocycles. The smallest absolute Gasteiger partial charge is 0.213 e. The summed E-state index contributed by atoms with van der Waals surface area (Å²) in [5.41, 5.74) is 2.77. The molecule has 32 heavy (non-hydrogen) atoms. The highest BCUT2D eigenvalue weighted by Crippen LogP contribution is 2.39. The van der Waals surface area contributed by atoms with E-state index >= 15 is 0 Å². The molecule has 0 N–H and O–H groups in total. The van der Waals surface area contributed by atoms with Crippen molar-refractivity contribution in [1.82, 2.24) is 9.97 Å². The zero-order chi connectivity index (χ0) is 21.4. The van der Waals surface area contributed by atoms with Gasteiger partial charge in [0.15, 0.2) is 0 Å². The number of aromatic nitrogens is 2. The Labute approximate surface area is 188 Å². The first-order chi connectivity index (χ1) is 15.7. The second-order valence-electron chi connectivity index (χ2n) is 7.73. The molecule has 0 radical (unpaired) electrons. The largest absolute Gasteiger partial charge is 0.287 e. The van der Waals surface area contributed by atoms with Crippen LogP contribution in [0, 0.1) is 0 Å². The van der Waals surface area contributed by atoms with Crippen LogP contribution in [0.25, 0.3) is 63.1 Å². The summed E-state index contributed by atoms with van der Waals surface area (Å²) in [7, 11) is 0. The molecule has 6 heteroatoms. The summed E-state index contributed by atoms with van der Waals surface area (Å²) in [6.07, 6.45) is 0. The number of fused-ring (bicyclic) bond motifs is 6. The van der Waals surface area contributed by atoms with Gasteiger partial charge in [0.05, 0.1) is 9.40 Å². The maximum absolute atomic E-state index is 13.2.